The summed E-state index contributed by atoms with van der Waals surface area (Å²) in [6.45, 7) is 6.55. The molecule has 2 heteroatoms. The van der Waals surface area contributed by atoms with Gasteiger partial charge in [0, 0.05) is 6.54 Å². The van der Waals surface area contributed by atoms with Crippen LogP contribution in [0.5, 0.6) is 0 Å². The number of hydrogen-bond donors (Lipinski definition) is 0. The molecule has 0 spiro atoms. The van der Waals surface area contributed by atoms with Crippen molar-refractivity contribution in [2.45, 2.75) is 32.1 Å². The van der Waals surface area contributed by atoms with E-state index in [-0.39, 0.29) is 5.92 Å². The molecule has 1 heterocycles. The molecule has 1 aromatic rings. The predicted molar refractivity (Wildman–Crippen MR) is 74.5 cm³/mol. The highest BCUT2D eigenvalue weighted by Crippen LogP contribution is 2.30. The van der Waals surface area contributed by atoms with Gasteiger partial charge in [0.1, 0.15) is 0 Å². The lowest BCUT2D eigenvalue weighted by Gasteiger charge is -2.16. The van der Waals surface area contributed by atoms with Crippen LogP contribution in [-0.2, 0) is 0 Å². The second-order valence-electron chi connectivity index (χ2n) is 5.77. The Kier molecular flexibility index (Phi) is 4.04. The van der Waals surface area contributed by atoms with Crippen LogP contribution >= 0.6 is 0 Å². The first-order valence-corrected chi connectivity index (χ1v) is 6.80. The second kappa shape index (κ2) is 5.54. The van der Waals surface area contributed by atoms with E-state index in [9.17, 15) is 5.26 Å². The van der Waals surface area contributed by atoms with E-state index in [4.69, 9.17) is 0 Å². The van der Waals surface area contributed by atoms with Crippen LogP contribution in [0.25, 0.3) is 0 Å². The number of likely N-dealkylation sites (tertiary alicyclic amines) is 1. The van der Waals surface area contributed by atoms with Crippen LogP contribution in [0, 0.1) is 17.2 Å². The fourth-order valence-corrected chi connectivity index (χ4v) is 2.82. The van der Waals surface area contributed by atoms with Gasteiger partial charge in [0.05, 0.1) is 12.0 Å². The maximum atomic E-state index is 9.29. The molecule has 0 bridgehead atoms. The van der Waals surface area contributed by atoms with Crippen molar-refractivity contribution in [1.29, 1.82) is 5.26 Å². The van der Waals surface area contributed by atoms with Gasteiger partial charge in [-0.25, -0.2) is 0 Å². The Morgan fingerprint density at radius 1 is 1.39 bits per heavy atom. The van der Waals surface area contributed by atoms with Crippen LogP contribution in [0.15, 0.2) is 24.3 Å². The summed E-state index contributed by atoms with van der Waals surface area (Å²) < 4.78 is 0. The molecule has 1 fully saturated rings. The Balaban J connectivity index is 2.22. The van der Waals surface area contributed by atoms with E-state index < -0.39 is 0 Å². The summed E-state index contributed by atoms with van der Waals surface area (Å²) in [6, 6.07) is 11.1. The SMILES string of the molecule is CC(C)C(C#N)c1cccc(C2CCN(C)C2)c1. The zero-order chi connectivity index (χ0) is 13.1. The molecule has 2 atom stereocenters. The summed E-state index contributed by atoms with van der Waals surface area (Å²) in [7, 11) is 2.18. The zero-order valence-corrected chi connectivity index (χ0v) is 11.6. The molecule has 18 heavy (non-hydrogen) atoms. The third-order valence-electron chi connectivity index (χ3n) is 3.94. The van der Waals surface area contributed by atoms with Gasteiger partial charge in [-0.2, -0.15) is 5.26 Å². The van der Waals surface area contributed by atoms with Crippen LogP contribution in [-0.4, -0.2) is 25.0 Å². The van der Waals surface area contributed by atoms with Gasteiger partial charge >= 0.3 is 0 Å². The lowest BCUT2D eigenvalue weighted by Crippen LogP contribution is -2.13. The molecule has 0 aromatic heterocycles. The number of benzene rings is 1. The molecule has 2 unspecified atom stereocenters. The Labute approximate surface area is 110 Å². The second-order valence-corrected chi connectivity index (χ2v) is 5.77. The topological polar surface area (TPSA) is 27.0 Å². The van der Waals surface area contributed by atoms with E-state index in [2.05, 4.69) is 56.1 Å². The third kappa shape index (κ3) is 2.73. The van der Waals surface area contributed by atoms with E-state index in [1.807, 2.05) is 0 Å². The number of likely N-dealkylation sites (N-methyl/N-ethyl adjacent to an activating group) is 1. The number of rotatable bonds is 3. The van der Waals surface area contributed by atoms with Crippen LogP contribution in [0.3, 0.4) is 0 Å². The fourth-order valence-electron chi connectivity index (χ4n) is 2.82. The van der Waals surface area contributed by atoms with Crippen molar-refractivity contribution in [3.63, 3.8) is 0 Å². The van der Waals surface area contributed by atoms with E-state index in [0.717, 1.165) is 6.54 Å². The highest BCUT2D eigenvalue weighted by atomic mass is 15.1. The molecule has 0 radical (unpaired) electrons. The fraction of sp³-hybridized carbons (Fsp3) is 0.562. The molecule has 0 saturated carbocycles. The minimum atomic E-state index is 0.0177. The van der Waals surface area contributed by atoms with Crippen LogP contribution in [0.4, 0.5) is 0 Å². The van der Waals surface area contributed by atoms with Crippen molar-refractivity contribution in [3.8, 4) is 6.07 Å². The number of nitrogens with zero attached hydrogens (tertiary/aromatic N) is 2. The molecule has 2 nitrogen and oxygen atoms in total. The van der Waals surface area contributed by atoms with Crippen molar-refractivity contribution in [1.82, 2.24) is 4.90 Å². The molecule has 0 amide bonds. The smallest absolute Gasteiger partial charge is 0.0735 e. The molecular formula is C16H22N2. The molecular weight excluding hydrogens is 220 g/mol. The van der Waals surface area contributed by atoms with Crippen molar-refractivity contribution in [2.75, 3.05) is 20.1 Å². The summed E-state index contributed by atoms with van der Waals surface area (Å²) in [5.41, 5.74) is 2.58. The summed E-state index contributed by atoms with van der Waals surface area (Å²) in [5, 5.41) is 9.29. The summed E-state index contributed by atoms with van der Waals surface area (Å²) in [6.07, 6.45) is 1.23. The molecule has 1 aromatic carbocycles. The van der Waals surface area contributed by atoms with Crippen molar-refractivity contribution in [2.24, 2.45) is 5.92 Å². The number of hydrogen-bond acceptors (Lipinski definition) is 2. The Morgan fingerprint density at radius 3 is 2.72 bits per heavy atom. The van der Waals surface area contributed by atoms with Gasteiger partial charge in [-0.3, -0.25) is 0 Å². The quantitative estimate of drug-likeness (QED) is 0.812. The van der Waals surface area contributed by atoms with Gasteiger partial charge in [0.15, 0.2) is 0 Å². The standard InChI is InChI=1S/C16H22N2/c1-12(2)16(10-17)14-6-4-5-13(9-14)15-7-8-18(3)11-15/h4-6,9,12,15-16H,7-8,11H2,1-3H3. The summed E-state index contributed by atoms with van der Waals surface area (Å²) in [5.74, 6) is 1.03. The van der Waals surface area contributed by atoms with Crippen molar-refractivity contribution in [3.05, 3.63) is 35.4 Å². The zero-order valence-electron chi connectivity index (χ0n) is 11.6. The minimum Gasteiger partial charge on any atom is -0.306 e. The summed E-state index contributed by atoms with van der Waals surface area (Å²) >= 11 is 0. The van der Waals surface area contributed by atoms with E-state index in [1.165, 1.54) is 24.1 Å². The molecule has 0 N–H and O–H groups in total. The Bertz CT molecular complexity index is 445. The molecule has 0 aliphatic carbocycles. The van der Waals surface area contributed by atoms with Crippen molar-refractivity contribution < 1.29 is 0 Å². The average molecular weight is 242 g/mol. The van der Waals surface area contributed by atoms with Gasteiger partial charge in [0.25, 0.3) is 0 Å². The van der Waals surface area contributed by atoms with Crippen LogP contribution in [0.1, 0.15) is 43.2 Å². The van der Waals surface area contributed by atoms with E-state index in [1.54, 1.807) is 0 Å². The average Bonchev–Trinajstić information content (AvgIpc) is 2.77. The summed E-state index contributed by atoms with van der Waals surface area (Å²) in [4.78, 5) is 2.38. The van der Waals surface area contributed by atoms with Gasteiger partial charge in [-0.05, 0) is 43.0 Å². The molecule has 1 aliphatic rings. The van der Waals surface area contributed by atoms with Crippen LogP contribution < -0.4 is 0 Å². The lowest BCUT2D eigenvalue weighted by molar-refractivity contribution is 0.411. The van der Waals surface area contributed by atoms with Gasteiger partial charge in [-0.1, -0.05) is 38.1 Å². The predicted octanol–water partition coefficient (Wildman–Crippen LogP) is 3.37. The molecule has 2 rings (SSSR count). The highest BCUT2D eigenvalue weighted by molar-refractivity contribution is 5.32. The first-order valence-electron chi connectivity index (χ1n) is 6.80. The number of nitriles is 1. The molecule has 1 saturated heterocycles. The van der Waals surface area contributed by atoms with E-state index in [0.29, 0.717) is 11.8 Å². The lowest BCUT2D eigenvalue weighted by atomic mass is 9.87. The molecule has 96 valence electrons. The van der Waals surface area contributed by atoms with Crippen molar-refractivity contribution >= 4 is 0 Å². The maximum absolute atomic E-state index is 9.29. The maximum Gasteiger partial charge on any atom is 0.0735 e. The minimum absolute atomic E-state index is 0.0177. The first-order chi connectivity index (χ1) is 8.61. The normalized spacial score (nSPS) is 22.1. The first kappa shape index (κ1) is 13.1. The molecule has 1 aliphatic heterocycles. The van der Waals surface area contributed by atoms with Gasteiger partial charge < -0.3 is 4.90 Å². The monoisotopic (exact) mass is 242 g/mol. The van der Waals surface area contributed by atoms with Gasteiger partial charge in [0.2, 0.25) is 0 Å². The Hall–Kier alpha value is -1.33. The van der Waals surface area contributed by atoms with E-state index >= 15 is 0 Å². The highest BCUT2D eigenvalue weighted by Gasteiger charge is 2.22. The third-order valence-corrected chi connectivity index (χ3v) is 3.94. The largest absolute Gasteiger partial charge is 0.306 e. The Morgan fingerprint density at radius 2 is 2.17 bits per heavy atom. The van der Waals surface area contributed by atoms with Crippen LogP contribution in [0.2, 0.25) is 0 Å². The van der Waals surface area contributed by atoms with Gasteiger partial charge in [-0.15, -0.1) is 0 Å².